The molecule has 2 N–H and O–H groups in total. The number of pyridine rings is 1. The zero-order valence-electron chi connectivity index (χ0n) is 13.9. The van der Waals surface area contributed by atoms with E-state index in [1.54, 1.807) is 48.7 Å². The molecule has 3 aromatic rings. The number of anilines is 1. The van der Waals surface area contributed by atoms with Gasteiger partial charge in [0.2, 0.25) is 0 Å². The van der Waals surface area contributed by atoms with Gasteiger partial charge < -0.3 is 10.6 Å². The highest BCUT2D eigenvalue weighted by Gasteiger charge is 2.08. The van der Waals surface area contributed by atoms with Gasteiger partial charge in [0.25, 0.3) is 5.91 Å². The number of aromatic nitrogens is 1. The summed E-state index contributed by atoms with van der Waals surface area (Å²) in [5.74, 6) is -0.551. The summed E-state index contributed by atoms with van der Waals surface area (Å²) in [6.07, 6.45) is 1.54. The van der Waals surface area contributed by atoms with Crippen LogP contribution in [0.1, 0.15) is 21.6 Å². The molecule has 0 aliphatic carbocycles. The van der Waals surface area contributed by atoms with E-state index in [4.69, 9.17) is 11.6 Å². The normalized spacial score (nSPS) is 10.4. The third-order valence-corrected chi connectivity index (χ3v) is 4.05. The van der Waals surface area contributed by atoms with Crippen LogP contribution in [0.2, 0.25) is 5.02 Å². The predicted molar refractivity (Wildman–Crippen MR) is 101 cm³/mol. The van der Waals surface area contributed by atoms with E-state index >= 15 is 0 Å². The second kappa shape index (κ2) is 8.45. The number of rotatable bonds is 6. The number of amides is 1. The molecule has 6 heteroatoms. The molecule has 3 rings (SSSR count). The average molecular weight is 370 g/mol. The number of carbonyl (C=O) groups excluding carboxylic acids is 1. The molecule has 0 spiro atoms. The Morgan fingerprint density at radius 3 is 2.58 bits per heavy atom. The molecule has 2 aromatic carbocycles. The Morgan fingerprint density at radius 1 is 1.04 bits per heavy atom. The highest BCUT2D eigenvalue weighted by molar-refractivity contribution is 6.30. The highest BCUT2D eigenvalue weighted by atomic mass is 35.5. The van der Waals surface area contributed by atoms with Gasteiger partial charge in [0.1, 0.15) is 11.5 Å². The number of halogens is 2. The van der Waals surface area contributed by atoms with Gasteiger partial charge in [0.05, 0.1) is 0 Å². The quantitative estimate of drug-likeness (QED) is 0.676. The second-order valence-electron chi connectivity index (χ2n) is 5.68. The molecule has 0 aliphatic heterocycles. The number of carbonyl (C=O) groups is 1. The summed E-state index contributed by atoms with van der Waals surface area (Å²) in [5, 5.41) is 6.56. The van der Waals surface area contributed by atoms with Crippen molar-refractivity contribution in [2.75, 3.05) is 5.32 Å². The summed E-state index contributed by atoms with van der Waals surface area (Å²) in [4.78, 5) is 16.4. The van der Waals surface area contributed by atoms with E-state index < -0.39 is 0 Å². The zero-order chi connectivity index (χ0) is 18.4. The van der Waals surface area contributed by atoms with Crippen LogP contribution in [0, 0.1) is 5.82 Å². The van der Waals surface area contributed by atoms with E-state index in [1.165, 1.54) is 6.07 Å². The van der Waals surface area contributed by atoms with E-state index in [1.807, 2.05) is 12.1 Å². The van der Waals surface area contributed by atoms with Gasteiger partial charge in [-0.15, -0.1) is 0 Å². The van der Waals surface area contributed by atoms with Gasteiger partial charge in [-0.1, -0.05) is 41.9 Å². The molecule has 1 amide bonds. The number of benzene rings is 2. The molecule has 0 radical (unpaired) electrons. The monoisotopic (exact) mass is 369 g/mol. The Balaban J connectivity index is 1.60. The minimum Gasteiger partial charge on any atom is -0.381 e. The number of hydrogen-bond donors (Lipinski definition) is 2. The van der Waals surface area contributed by atoms with Crippen LogP contribution in [0.5, 0.6) is 0 Å². The van der Waals surface area contributed by atoms with Crippen LogP contribution in [-0.2, 0) is 13.1 Å². The molecule has 0 unspecified atom stereocenters. The third kappa shape index (κ3) is 4.80. The Kier molecular flexibility index (Phi) is 5.81. The zero-order valence-corrected chi connectivity index (χ0v) is 14.6. The fourth-order valence-corrected chi connectivity index (χ4v) is 2.50. The van der Waals surface area contributed by atoms with Crippen molar-refractivity contribution in [1.82, 2.24) is 10.3 Å². The smallest absolute Gasteiger partial charge is 0.270 e. The minimum absolute atomic E-state index is 0.269. The number of hydrogen-bond acceptors (Lipinski definition) is 3. The van der Waals surface area contributed by atoms with Crippen molar-refractivity contribution < 1.29 is 9.18 Å². The predicted octanol–water partition coefficient (Wildman–Crippen LogP) is 4.42. The Hall–Kier alpha value is -2.92. The van der Waals surface area contributed by atoms with Crippen LogP contribution in [-0.4, -0.2) is 10.9 Å². The minimum atomic E-state index is -0.283. The van der Waals surface area contributed by atoms with Crippen molar-refractivity contribution >= 4 is 23.2 Å². The molecule has 1 aromatic heterocycles. The molecular formula is C20H17ClFN3O. The average Bonchev–Trinajstić information content (AvgIpc) is 2.67. The standard InChI is InChI=1S/C20H17ClFN3O/c21-16-7-5-14(6-8-16)12-25-20(26)19-11-17(9-10-23-19)24-13-15-3-1-2-4-18(15)22/h1-11H,12-13H2,(H,23,24)(H,25,26). The van der Waals surface area contributed by atoms with Crippen LogP contribution in [0.25, 0.3) is 0 Å². The van der Waals surface area contributed by atoms with Crippen LogP contribution in [0.15, 0.2) is 66.9 Å². The van der Waals surface area contributed by atoms with Crippen molar-refractivity contribution in [3.63, 3.8) is 0 Å². The first kappa shape index (κ1) is 17.9. The van der Waals surface area contributed by atoms with E-state index in [2.05, 4.69) is 15.6 Å². The van der Waals surface area contributed by atoms with E-state index in [0.717, 1.165) is 5.56 Å². The maximum atomic E-state index is 13.7. The lowest BCUT2D eigenvalue weighted by Crippen LogP contribution is -2.23. The SMILES string of the molecule is O=C(NCc1ccc(Cl)cc1)c1cc(NCc2ccccc2F)ccn1. The fourth-order valence-electron chi connectivity index (χ4n) is 2.38. The van der Waals surface area contributed by atoms with E-state index in [0.29, 0.717) is 29.4 Å². The lowest BCUT2D eigenvalue weighted by Gasteiger charge is -2.09. The van der Waals surface area contributed by atoms with Gasteiger partial charge >= 0.3 is 0 Å². The number of nitrogens with one attached hydrogen (secondary N) is 2. The molecule has 0 bridgehead atoms. The molecule has 4 nitrogen and oxygen atoms in total. The van der Waals surface area contributed by atoms with Gasteiger partial charge in [0, 0.05) is 35.6 Å². The summed E-state index contributed by atoms with van der Waals surface area (Å²) < 4.78 is 13.7. The molecule has 1 heterocycles. The largest absolute Gasteiger partial charge is 0.381 e. The third-order valence-electron chi connectivity index (χ3n) is 3.80. The molecule has 0 saturated heterocycles. The van der Waals surface area contributed by atoms with Crippen LogP contribution in [0.3, 0.4) is 0 Å². The van der Waals surface area contributed by atoms with Crippen LogP contribution < -0.4 is 10.6 Å². The van der Waals surface area contributed by atoms with Gasteiger partial charge in [-0.25, -0.2) is 4.39 Å². The molecule has 0 aliphatic rings. The van der Waals surface area contributed by atoms with Crippen molar-refractivity contribution in [3.8, 4) is 0 Å². The Labute approximate surface area is 156 Å². The summed E-state index contributed by atoms with van der Waals surface area (Å²) in [6.45, 7) is 0.701. The van der Waals surface area contributed by atoms with Crippen molar-refractivity contribution in [1.29, 1.82) is 0 Å². The molecule has 0 atom stereocenters. The first-order valence-corrected chi connectivity index (χ1v) is 8.45. The Bertz CT molecular complexity index is 900. The van der Waals surface area contributed by atoms with Gasteiger partial charge in [-0.2, -0.15) is 0 Å². The summed E-state index contributed by atoms with van der Waals surface area (Å²) in [6, 6.07) is 17.2. The van der Waals surface area contributed by atoms with E-state index in [9.17, 15) is 9.18 Å². The Morgan fingerprint density at radius 2 is 1.81 bits per heavy atom. The summed E-state index contributed by atoms with van der Waals surface area (Å²) in [5.41, 5.74) is 2.48. The molecule has 0 fully saturated rings. The van der Waals surface area contributed by atoms with Gasteiger partial charge in [0.15, 0.2) is 0 Å². The van der Waals surface area contributed by atoms with E-state index in [-0.39, 0.29) is 17.4 Å². The lowest BCUT2D eigenvalue weighted by molar-refractivity contribution is 0.0946. The van der Waals surface area contributed by atoms with Gasteiger partial charge in [-0.3, -0.25) is 9.78 Å². The van der Waals surface area contributed by atoms with Gasteiger partial charge in [-0.05, 0) is 35.9 Å². The van der Waals surface area contributed by atoms with Crippen molar-refractivity contribution in [2.24, 2.45) is 0 Å². The molecule has 0 saturated carbocycles. The maximum Gasteiger partial charge on any atom is 0.270 e. The topological polar surface area (TPSA) is 54.0 Å². The maximum absolute atomic E-state index is 13.7. The summed E-state index contributed by atoms with van der Waals surface area (Å²) >= 11 is 5.84. The van der Waals surface area contributed by atoms with Crippen molar-refractivity contribution in [3.05, 3.63) is 94.5 Å². The van der Waals surface area contributed by atoms with Crippen molar-refractivity contribution in [2.45, 2.75) is 13.1 Å². The fraction of sp³-hybridized carbons (Fsp3) is 0.100. The molecule has 132 valence electrons. The van der Waals surface area contributed by atoms with Crippen LogP contribution in [0.4, 0.5) is 10.1 Å². The lowest BCUT2D eigenvalue weighted by atomic mass is 10.2. The second-order valence-corrected chi connectivity index (χ2v) is 6.12. The van der Waals surface area contributed by atoms with Crippen LogP contribution >= 0.6 is 11.6 Å². The molecular weight excluding hydrogens is 353 g/mol. The first-order valence-electron chi connectivity index (χ1n) is 8.08. The molecule has 26 heavy (non-hydrogen) atoms. The number of nitrogens with zero attached hydrogens (tertiary/aromatic N) is 1. The highest BCUT2D eigenvalue weighted by Crippen LogP contribution is 2.13. The first-order chi connectivity index (χ1) is 12.6. The summed E-state index contributed by atoms with van der Waals surface area (Å²) in [7, 11) is 0.